The molecule has 0 heterocycles. The van der Waals surface area contributed by atoms with Gasteiger partial charge in [0, 0.05) is 0 Å². The number of unbranched alkanes of at least 4 members (excludes halogenated alkanes) is 2. The molecule has 2 N–H and O–H groups in total. The minimum Gasteiger partial charge on any atom is -0.330 e. The topological polar surface area (TPSA) is 26.0 Å². The molecule has 0 aromatic rings. The Bertz CT molecular complexity index is 259. The molecule has 0 amide bonds. The van der Waals surface area contributed by atoms with Gasteiger partial charge >= 0.3 is 0 Å². The minimum absolute atomic E-state index is 0.866. The summed E-state index contributed by atoms with van der Waals surface area (Å²) in [6.45, 7) is 12.7. The third kappa shape index (κ3) is 12.1. The van der Waals surface area contributed by atoms with E-state index < -0.39 is 0 Å². The third-order valence-corrected chi connectivity index (χ3v) is 6.60. The SMILES string of the molecule is CCCCC(CCCCC(CC)CCC)CC(CCN)C(CC)CC. The van der Waals surface area contributed by atoms with Crippen LogP contribution in [0.3, 0.4) is 0 Å². The lowest BCUT2D eigenvalue weighted by molar-refractivity contribution is 0.223. The van der Waals surface area contributed by atoms with Crippen molar-refractivity contribution in [3.63, 3.8) is 0 Å². The van der Waals surface area contributed by atoms with Crippen molar-refractivity contribution >= 4 is 0 Å². The minimum atomic E-state index is 0.866. The van der Waals surface area contributed by atoms with E-state index in [2.05, 4.69) is 34.6 Å². The van der Waals surface area contributed by atoms with Crippen LogP contribution in [0.5, 0.6) is 0 Å². The zero-order valence-corrected chi connectivity index (χ0v) is 18.5. The van der Waals surface area contributed by atoms with Gasteiger partial charge in [0.25, 0.3) is 0 Å². The molecule has 152 valence electrons. The Morgan fingerprint density at radius 3 is 1.64 bits per heavy atom. The smallest absolute Gasteiger partial charge is 0.00745 e. The average molecular weight is 354 g/mol. The van der Waals surface area contributed by atoms with E-state index in [0.29, 0.717) is 0 Å². The van der Waals surface area contributed by atoms with E-state index in [1.165, 1.54) is 89.9 Å². The lowest BCUT2D eigenvalue weighted by atomic mass is 9.77. The van der Waals surface area contributed by atoms with Crippen LogP contribution >= 0.6 is 0 Å². The molecule has 0 saturated carbocycles. The summed E-state index contributed by atoms with van der Waals surface area (Å²) in [6, 6.07) is 0. The van der Waals surface area contributed by atoms with Gasteiger partial charge in [-0.25, -0.2) is 0 Å². The van der Waals surface area contributed by atoms with Crippen molar-refractivity contribution in [3.8, 4) is 0 Å². The Morgan fingerprint density at radius 2 is 1.16 bits per heavy atom. The van der Waals surface area contributed by atoms with Crippen LogP contribution in [0.4, 0.5) is 0 Å². The quantitative estimate of drug-likeness (QED) is 0.248. The van der Waals surface area contributed by atoms with Gasteiger partial charge < -0.3 is 5.73 Å². The van der Waals surface area contributed by atoms with Crippen LogP contribution < -0.4 is 5.73 Å². The summed E-state index contributed by atoms with van der Waals surface area (Å²) in [5, 5.41) is 0. The molecule has 0 aromatic heterocycles. The largest absolute Gasteiger partial charge is 0.330 e. The van der Waals surface area contributed by atoms with Crippen LogP contribution in [0.15, 0.2) is 0 Å². The summed E-state index contributed by atoms with van der Waals surface area (Å²) < 4.78 is 0. The second kappa shape index (κ2) is 17.4. The fourth-order valence-corrected chi connectivity index (χ4v) is 4.84. The molecule has 25 heavy (non-hydrogen) atoms. The number of hydrogen-bond donors (Lipinski definition) is 1. The molecule has 0 aliphatic heterocycles. The maximum Gasteiger partial charge on any atom is -0.00745 e. The van der Waals surface area contributed by atoms with E-state index >= 15 is 0 Å². The summed E-state index contributed by atoms with van der Waals surface area (Å²) in [5.74, 6) is 3.68. The Labute approximate surface area is 160 Å². The normalized spacial score (nSPS) is 15.5. The van der Waals surface area contributed by atoms with E-state index in [9.17, 15) is 0 Å². The molecule has 1 heteroatoms. The predicted molar refractivity (Wildman–Crippen MR) is 116 cm³/mol. The summed E-state index contributed by atoms with van der Waals surface area (Å²) in [7, 11) is 0. The average Bonchev–Trinajstić information content (AvgIpc) is 2.62. The number of hydrogen-bond acceptors (Lipinski definition) is 1. The number of rotatable bonds is 18. The highest BCUT2D eigenvalue weighted by Gasteiger charge is 2.22. The van der Waals surface area contributed by atoms with Gasteiger partial charge in [0.05, 0.1) is 0 Å². The molecule has 0 radical (unpaired) electrons. The Balaban J connectivity index is 4.45. The first kappa shape index (κ1) is 25.0. The van der Waals surface area contributed by atoms with Gasteiger partial charge in [-0.1, -0.05) is 112 Å². The van der Waals surface area contributed by atoms with Crippen LogP contribution in [0.2, 0.25) is 0 Å². The highest BCUT2D eigenvalue weighted by atomic mass is 14.5. The first-order chi connectivity index (χ1) is 12.2. The van der Waals surface area contributed by atoms with Gasteiger partial charge in [-0.15, -0.1) is 0 Å². The zero-order chi connectivity index (χ0) is 18.9. The first-order valence-corrected chi connectivity index (χ1v) is 11.9. The van der Waals surface area contributed by atoms with Crippen LogP contribution in [-0.2, 0) is 0 Å². The van der Waals surface area contributed by atoms with Crippen molar-refractivity contribution in [2.75, 3.05) is 6.54 Å². The summed E-state index contributed by atoms with van der Waals surface area (Å²) in [4.78, 5) is 0. The van der Waals surface area contributed by atoms with Crippen LogP contribution in [0.1, 0.15) is 125 Å². The fourth-order valence-electron chi connectivity index (χ4n) is 4.84. The zero-order valence-electron chi connectivity index (χ0n) is 18.5. The lowest BCUT2D eigenvalue weighted by Crippen LogP contribution is -2.21. The van der Waals surface area contributed by atoms with Crippen molar-refractivity contribution in [2.45, 2.75) is 125 Å². The molecule has 0 aliphatic rings. The lowest BCUT2D eigenvalue weighted by Gasteiger charge is -2.29. The van der Waals surface area contributed by atoms with Crippen molar-refractivity contribution in [1.82, 2.24) is 0 Å². The van der Waals surface area contributed by atoms with Crippen molar-refractivity contribution < 1.29 is 0 Å². The van der Waals surface area contributed by atoms with Gasteiger partial charge in [-0.3, -0.25) is 0 Å². The maximum atomic E-state index is 5.95. The molecule has 0 saturated heterocycles. The summed E-state index contributed by atoms with van der Waals surface area (Å²) >= 11 is 0. The highest BCUT2D eigenvalue weighted by molar-refractivity contribution is 4.74. The Hall–Kier alpha value is -0.0400. The first-order valence-electron chi connectivity index (χ1n) is 11.9. The fraction of sp³-hybridized carbons (Fsp3) is 1.00. The molecule has 3 unspecified atom stereocenters. The molecule has 3 atom stereocenters. The predicted octanol–water partition coefficient (Wildman–Crippen LogP) is 7.97. The van der Waals surface area contributed by atoms with Gasteiger partial charge in [0.2, 0.25) is 0 Å². The monoisotopic (exact) mass is 353 g/mol. The van der Waals surface area contributed by atoms with Gasteiger partial charge in [-0.2, -0.15) is 0 Å². The molecule has 1 nitrogen and oxygen atoms in total. The van der Waals surface area contributed by atoms with Gasteiger partial charge in [-0.05, 0) is 43.1 Å². The molecule has 0 fully saturated rings. The standard InChI is InChI=1S/C24H51N/c1-6-11-15-22(17-13-12-16-21(8-3)14-7-2)20-24(18-19-25)23(9-4)10-5/h21-24H,6-20,25H2,1-5H3. The maximum absolute atomic E-state index is 5.95. The second-order valence-electron chi connectivity index (χ2n) is 8.51. The van der Waals surface area contributed by atoms with Gasteiger partial charge in [0.1, 0.15) is 0 Å². The Morgan fingerprint density at radius 1 is 0.560 bits per heavy atom. The van der Waals surface area contributed by atoms with E-state index in [0.717, 1.165) is 30.2 Å². The molecule has 0 bridgehead atoms. The van der Waals surface area contributed by atoms with Crippen molar-refractivity contribution in [3.05, 3.63) is 0 Å². The summed E-state index contributed by atoms with van der Waals surface area (Å²) in [5.41, 5.74) is 5.95. The Kier molecular flexibility index (Phi) is 17.3. The van der Waals surface area contributed by atoms with E-state index in [-0.39, 0.29) is 0 Å². The molecule has 0 spiro atoms. The van der Waals surface area contributed by atoms with Crippen LogP contribution in [-0.4, -0.2) is 6.54 Å². The molecular weight excluding hydrogens is 302 g/mol. The molecular formula is C24H51N. The van der Waals surface area contributed by atoms with Gasteiger partial charge in [0.15, 0.2) is 0 Å². The van der Waals surface area contributed by atoms with E-state index in [4.69, 9.17) is 5.73 Å². The van der Waals surface area contributed by atoms with Crippen LogP contribution in [0.25, 0.3) is 0 Å². The molecule has 0 aliphatic carbocycles. The highest BCUT2D eigenvalue weighted by Crippen LogP contribution is 2.33. The number of nitrogens with two attached hydrogens (primary N) is 1. The van der Waals surface area contributed by atoms with E-state index in [1.807, 2.05) is 0 Å². The second-order valence-corrected chi connectivity index (χ2v) is 8.51. The summed E-state index contributed by atoms with van der Waals surface area (Å²) in [6.07, 6.45) is 19.5. The molecule has 0 rings (SSSR count). The third-order valence-electron chi connectivity index (χ3n) is 6.60. The van der Waals surface area contributed by atoms with Crippen molar-refractivity contribution in [2.24, 2.45) is 29.4 Å². The van der Waals surface area contributed by atoms with Crippen LogP contribution in [0, 0.1) is 23.7 Å². The van der Waals surface area contributed by atoms with Crippen molar-refractivity contribution in [1.29, 1.82) is 0 Å². The van der Waals surface area contributed by atoms with E-state index in [1.54, 1.807) is 0 Å². The molecule has 0 aromatic carbocycles.